The number of quaternary nitrogens is 1. The van der Waals surface area contributed by atoms with Crippen molar-refractivity contribution in [3.05, 3.63) is 59.7 Å². The van der Waals surface area contributed by atoms with Crippen LogP contribution >= 0.6 is 0 Å². The summed E-state index contributed by atoms with van der Waals surface area (Å²) < 4.78 is 38.9. The highest BCUT2D eigenvalue weighted by Crippen LogP contribution is 2.17. The number of benzene rings is 2. The number of hydrogen-bond acceptors (Lipinski definition) is 5. The largest absolute Gasteiger partial charge is 0.452 e. The Balaban J connectivity index is 1.43. The maximum atomic E-state index is 12.1. The Labute approximate surface area is 172 Å². The molecule has 0 aliphatic carbocycles. The van der Waals surface area contributed by atoms with Crippen molar-refractivity contribution >= 4 is 17.6 Å². The first kappa shape index (κ1) is 21.7. The summed E-state index contributed by atoms with van der Waals surface area (Å²) >= 11 is 0. The molecule has 160 valence electrons. The van der Waals surface area contributed by atoms with Crippen LogP contribution in [-0.4, -0.2) is 51.4 Å². The highest BCUT2D eigenvalue weighted by atomic mass is 19.3. The van der Waals surface area contributed by atoms with E-state index in [4.69, 9.17) is 9.47 Å². The summed E-state index contributed by atoms with van der Waals surface area (Å²) in [6.07, 6.45) is 0. The number of alkyl halides is 2. The minimum Gasteiger partial charge on any atom is -0.452 e. The van der Waals surface area contributed by atoms with Gasteiger partial charge in [-0.15, -0.1) is 0 Å². The quantitative estimate of drug-likeness (QED) is 0.632. The van der Waals surface area contributed by atoms with E-state index in [1.165, 1.54) is 29.2 Å². The fourth-order valence-corrected chi connectivity index (χ4v) is 3.02. The Morgan fingerprint density at radius 1 is 1.03 bits per heavy atom. The van der Waals surface area contributed by atoms with Crippen molar-refractivity contribution < 1.29 is 37.5 Å². The van der Waals surface area contributed by atoms with Crippen LogP contribution in [0.3, 0.4) is 0 Å². The number of anilines is 1. The van der Waals surface area contributed by atoms with Crippen molar-refractivity contribution in [3.8, 4) is 5.75 Å². The summed E-state index contributed by atoms with van der Waals surface area (Å²) in [5.74, 6) is -1.16. The summed E-state index contributed by atoms with van der Waals surface area (Å²) in [5, 5.41) is 2.51. The molecule has 1 aliphatic heterocycles. The Kier molecular flexibility index (Phi) is 7.69. The van der Waals surface area contributed by atoms with E-state index in [9.17, 15) is 18.4 Å². The Morgan fingerprint density at radius 2 is 1.70 bits per heavy atom. The fraction of sp³-hybridized carbons (Fsp3) is 0.333. The second kappa shape index (κ2) is 10.7. The zero-order valence-electron chi connectivity index (χ0n) is 16.2. The number of hydrogen-bond donors (Lipinski definition) is 2. The highest BCUT2D eigenvalue weighted by molar-refractivity contribution is 5.95. The molecule has 0 atom stereocenters. The van der Waals surface area contributed by atoms with E-state index in [-0.39, 0.29) is 5.75 Å². The third-order valence-electron chi connectivity index (χ3n) is 4.54. The molecule has 1 aliphatic rings. The first-order valence-electron chi connectivity index (χ1n) is 9.52. The van der Waals surface area contributed by atoms with E-state index in [0.717, 1.165) is 38.4 Å². The van der Waals surface area contributed by atoms with Crippen molar-refractivity contribution in [2.45, 2.75) is 13.2 Å². The number of carbonyl (C=O) groups is 2. The molecule has 1 saturated heterocycles. The molecule has 1 heterocycles. The second-order valence-corrected chi connectivity index (χ2v) is 6.76. The van der Waals surface area contributed by atoms with Crippen LogP contribution in [0.2, 0.25) is 0 Å². The van der Waals surface area contributed by atoms with Crippen molar-refractivity contribution in [2.75, 3.05) is 38.2 Å². The predicted octanol–water partition coefficient (Wildman–Crippen LogP) is 1.50. The summed E-state index contributed by atoms with van der Waals surface area (Å²) in [6, 6.07) is 12.5. The normalized spacial score (nSPS) is 14.4. The van der Waals surface area contributed by atoms with Gasteiger partial charge in [0.05, 0.1) is 18.8 Å². The van der Waals surface area contributed by atoms with Crippen molar-refractivity contribution in [3.63, 3.8) is 0 Å². The number of carbonyl (C=O) groups excluding carboxylic acids is 2. The average molecular weight is 421 g/mol. The Bertz CT molecular complexity index is 837. The van der Waals surface area contributed by atoms with Gasteiger partial charge in [-0.1, -0.05) is 12.1 Å². The SMILES string of the molecule is O=C(COC(=O)c1ccc(C[NH+]2CCOCC2)cc1)Nc1ccc(OC(F)F)cc1. The molecule has 0 bridgehead atoms. The van der Waals surface area contributed by atoms with Crippen LogP contribution in [0.5, 0.6) is 5.75 Å². The molecule has 9 heteroatoms. The fourth-order valence-electron chi connectivity index (χ4n) is 3.02. The van der Waals surface area contributed by atoms with Gasteiger partial charge >= 0.3 is 12.6 Å². The van der Waals surface area contributed by atoms with E-state index in [1.807, 2.05) is 12.1 Å². The number of rotatable bonds is 8. The van der Waals surface area contributed by atoms with E-state index in [0.29, 0.717) is 11.3 Å². The van der Waals surface area contributed by atoms with Crippen molar-refractivity contribution in [1.29, 1.82) is 0 Å². The minimum absolute atomic E-state index is 0.0203. The predicted molar refractivity (Wildman–Crippen MR) is 104 cm³/mol. The molecular weight excluding hydrogens is 398 g/mol. The maximum Gasteiger partial charge on any atom is 0.387 e. The number of ether oxygens (including phenoxy) is 3. The number of esters is 1. The molecule has 2 aromatic carbocycles. The van der Waals surface area contributed by atoms with Gasteiger partial charge in [-0.2, -0.15) is 8.78 Å². The molecule has 0 saturated carbocycles. The molecule has 2 aromatic rings. The van der Waals surface area contributed by atoms with Gasteiger partial charge in [0.1, 0.15) is 25.4 Å². The zero-order valence-corrected chi connectivity index (χ0v) is 16.2. The molecular formula is C21H23F2N2O5+. The lowest BCUT2D eigenvalue weighted by Gasteiger charge is -2.23. The van der Waals surface area contributed by atoms with Gasteiger partial charge in [0, 0.05) is 11.3 Å². The second-order valence-electron chi connectivity index (χ2n) is 6.76. The minimum atomic E-state index is -2.92. The molecule has 0 unspecified atom stereocenters. The smallest absolute Gasteiger partial charge is 0.387 e. The third kappa shape index (κ3) is 6.78. The van der Waals surface area contributed by atoms with E-state index < -0.39 is 25.1 Å². The molecule has 0 aromatic heterocycles. The lowest BCUT2D eigenvalue weighted by molar-refractivity contribution is -0.921. The van der Waals surface area contributed by atoms with Crippen LogP contribution in [0.15, 0.2) is 48.5 Å². The van der Waals surface area contributed by atoms with Crippen LogP contribution in [0.25, 0.3) is 0 Å². The zero-order chi connectivity index (χ0) is 21.3. The van der Waals surface area contributed by atoms with Crippen molar-refractivity contribution in [1.82, 2.24) is 0 Å². The summed E-state index contributed by atoms with van der Waals surface area (Å²) in [7, 11) is 0. The van der Waals surface area contributed by atoms with E-state index >= 15 is 0 Å². The van der Waals surface area contributed by atoms with Gasteiger partial charge in [-0.05, 0) is 36.4 Å². The van der Waals surface area contributed by atoms with Crippen LogP contribution in [0.1, 0.15) is 15.9 Å². The molecule has 30 heavy (non-hydrogen) atoms. The first-order valence-corrected chi connectivity index (χ1v) is 9.52. The third-order valence-corrected chi connectivity index (χ3v) is 4.54. The lowest BCUT2D eigenvalue weighted by atomic mass is 10.1. The maximum absolute atomic E-state index is 12.1. The summed E-state index contributed by atoms with van der Waals surface area (Å²) in [6.45, 7) is 0.919. The molecule has 3 rings (SSSR count). The van der Waals surface area contributed by atoms with Gasteiger partial charge in [-0.25, -0.2) is 4.79 Å². The van der Waals surface area contributed by atoms with Crippen LogP contribution in [0, 0.1) is 0 Å². The van der Waals surface area contributed by atoms with Crippen LogP contribution in [-0.2, 0) is 20.8 Å². The van der Waals surface area contributed by atoms with Gasteiger partial charge < -0.3 is 24.4 Å². The van der Waals surface area contributed by atoms with Gasteiger partial charge in [-0.3, -0.25) is 4.79 Å². The molecule has 1 amide bonds. The number of nitrogens with one attached hydrogen (secondary N) is 2. The Hall–Kier alpha value is -3.04. The average Bonchev–Trinajstić information content (AvgIpc) is 2.74. The van der Waals surface area contributed by atoms with Gasteiger partial charge in [0.25, 0.3) is 5.91 Å². The standard InChI is InChI=1S/C21H22F2N2O5/c22-21(23)30-18-7-5-17(6-8-18)24-19(26)14-29-20(27)16-3-1-15(2-4-16)13-25-9-11-28-12-10-25/h1-8,21H,9-14H2,(H,24,26)/p+1. The van der Waals surface area contributed by atoms with Crippen LogP contribution < -0.4 is 15.0 Å². The van der Waals surface area contributed by atoms with Crippen LogP contribution in [0.4, 0.5) is 14.5 Å². The topological polar surface area (TPSA) is 78.3 Å². The molecule has 1 fully saturated rings. The van der Waals surface area contributed by atoms with E-state index in [1.54, 1.807) is 12.1 Å². The monoisotopic (exact) mass is 421 g/mol. The first-order chi connectivity index (χ1) is 14.5. The Morgan fingerprint density at radius 3 is 2.33 bits per heavy atom. The molecule has 0 radical (unpaired) electrons. The molecule has 7 nitrogen and oxygen atoms in total. The van der Waals surface area contributed by atoms with Crippen molar-refractivity contribution in [2.24, 2.45) is 0 Å². The van der Waals surface area contributed by atoms with E-state index in [2.05, 4.69) is 10.1 Å². The lowest BCUT2D eigenvalue weighted by Crippen LogP contribution is -3.12. The number of amides is 1. The van der Waals surface area contributed by atoms with Gasteiger partial charge in [0.15, 0.2) is 6.61 Å². The highest BCUT2D eigenvalue weighted by Gasteiger charge is 2.15. The van der Waals surface area contributed by atoms with Gasteiger partial charge in [0.2, 0.25) is 0 Å². The number of morpholine rings is 1. The number of halogens is 2. The summed E-state index contributed by atoms with van der Waals surface area (Å²) in [5.41, 5.74) is 1.84. The molecule has 0 spiro atoms. The summed E-state index contributed by atoms with van der Waals surface area (Å²) in [4.78, 5) is 25.5. The molecule has 2 N–H and O–H groups in total.